The van der Waals surface area contributed by atoms with Crippen molar-refractivity contribution in [3.63, 3.8) is 0 Å². The Bertz CT molecular complexity index is 1090. The molecule has 0 aliphatic heterocycles. The molecule has 0 fully saturated rings. The van der Waals surface area contributed by atoms with Gasteiger partial charge < -0.3 is 14.2 Å². The lowest BCUT2D eigenvalue weighted by molar-refractivity contribution is -0.167. The Morgan fingerprint density at radius 1 is 0.268 bits per heavy atom. The minimum atomic E-state index is -0.764. The summed E-state index contributed by atoms with van der Waals surface area (Å²) < 4.78 is 17.0. The van der Waals surface area contributed by atoms with Crippen molar-refractivity contribution >= 4 is 17.9 Å². The second-order valence-corrected chi connectivity index (χ2v) is 23.4. The van der Waals surface area contributed by atoms with Gasteiger partial charge in [0.25, 0.3) is 0 Å². The van der Waals surface area contributed by atoms with Gasteiger partial charge in [-0.25, -0.2) is 0 Å². The van der Waals surface area contributed by atoms with Crippen LogP contribution in [0.3, 0.4) is 0 Å². The first-order valence-electron chi connectivity index (χ1n) is 32.2. The predicted octanol–water partition coefficient (Wildman–Crippen LogP) is 21.6. The van der Waals surface area contributed by atoms with E-state index in [4.69, 9.17) is 14.2 Å². The fourth-order valence-corrected chi connectivity index (χ4v) is 10.1. The number of rotatable bonds is 59. The summed E-state index contributed by atoms with van der Waals surface area (Å²) in [7, 11) is 0. The minimum absolute atomic E-state index is 0.0617. The molecule has 0 saturated heterocycles. The number of carbonyl (C=O) groups is 3. The van der Waals surface area contributed by atoms with Gasteiger partial charge in [0.05, 0.1) is 0 Å². The minimum Gasteiger partial charge on any atom is -0.462 e. The third-order valence-corrected chi connectivity index (χ3v) is 15.0. The van der Waals surface area contributed by atoms with Gasteiger partial charge in [0.15, 0.2) is 6.10 Å². The maximum absolute atomic E-state index is 12.9. The molecule has 71 heavy (non-hydrogen) atoms. The molecule has 422 valence electrons. The molecular formula is C65H126O6. The number of hydrogen-bond acceptors (Lipinski definition) is 6. The fourth-order valence-electron chi connectivity index (χ4n) is 10.1. The van der Waals surface area contributed by atoms with Crippen molar-refractivity contribution in [2.45, 2.75) is 375 Å². The molecule has 0 aromatic rings. The molecule has 0 bridgehead atoms. The third kappa shape index (κ3) is 59.2. The summed E-state index contributed by atoms with van der Waals surface area (Å²) in [5.41, 5.74) is 0. The van der Waals surface area contributed by atoms with Crippen molar-refractivity contribution in [3.05, 3.63) is 0 Å². The van der Waals surface area contributed by atoms with Crippen LogP contribution in [0.15, 0.2) is 0 Å². The summed E-state index contributed by atoms with van der Waals surface area (Å²) in [6.07, 6.45) is 63.9. The molecular weight excluding hydrogens is 877 g/mol. The number of esters is 3. The first kappa shape index (κ1) is 69.4. The van der Waals surface area contributed by atoms with Crippen LogP contribution in [-0.4, -0.2) is 37.2 Å². The molecule has 0 radical (unpaired) electrons. The molecule has 0 aromatic heterocycles. The van der Waals surface area contributed by atoms with E-state index in [0.717, 1.165) is 69.6 Å². The van der Waals surface area contributed by atoms with Crippen LogP contribution >= 0.6 is 0 Å². The van der Waals surface area contributed by atoms with E-state index in [2.05, 4.69) is 34.6 Å². The highest BCUT2D eigenvalue weighted by Gasteiger charge is 2.19. The van der Waals surface area contributed by atoms with Crippen LogP contribution in [0, 0.1) is 11.8 Å². The topological polar surface area (TPSA) is 78.9 Å². The van der Waals surface area contributed by atoms with E-state index >= 15 is 0 Å². The first-order valence-corrected chi connectivity index (χ1v) is 32.2. The van der Waals surface area contributed by atoms with Gasteiger partial charge in [-0.15, -0.1) is 0 Å². The zero-order valence-electron chi connectivity index (χ0n) is 48.9. The van der Waals surface area contributed by atoms with E-state index in [-0.39, 0.29) is 31.1 Å². The van der Waals surface area contributed by atoms with E-state index in [1.54, 1.807) is 0 Å². The van der Waals surface area contributed by atoms with Crippen LogP contribution in [0.1, 0.15) is 369 Å². The van der Waals surface area contributed by atoms with Gasteiger partial charge in [0.1, 0.15) is 13.2 Å². The van der Waals surface area contributed by atoms with Crippen LogP contribution in [0.2, 0.25) is 0 Å². The van der Waals surface area contributed by atoms with E-state index in [1.165, 1.54) is 257 Å². The number of hydrogen-bond donors (Lipinski definition) is 0. The van der Waals surface area contributed by atoms with Gasteiger partial charge in [0, 0.05) is 19.3 Å². The Morgan fingerprint density at radius 2 is 0.465 bits per heavy atom. The van der Waals surface area contributed by atoms with E-state index in [9.17, 15) is 14.4 Å². The lowest BCUT2D eigenvalue weighted by Gasteiger charge is -2.18. The molecule has 0 saturated carbocycles. The predicted molar refractivity (Wildman–Crippen MR) is 307 cm³/mol. The standard InChI is InChI=1S/C65H126O6/c1-6-7-8-9-10-11-12-13-14-15-19-25-30-35-40-45-50-55-63(66)69-58-62(59-70-64(67)56-51-46-41-36-31-26-22-21-24-29-34-39-44-49-54-61(4)5)71-65(68)57-52-47-42-37-32-27-20-17-16-18-23-28-33-38-43-48-53-60(2)3/h60-62H,6-59H2,1-5H3/t62-/m0/s1. The second kappa shape index (κ2) is 57.7. The number of unbranched alkanes of at least 4 members (excludes halogenated alkanes) is 44. The molecule has 6 nitrogen and oxygen atoms in total. The summed E-state index contributed by atoms with van der Waals surface area (Å²) in [4.78, 5) is 38.3. The summed E-state index contributed by atoms with van der Waals surface area (Å²) in [5, 5.41) is 0. The first-order chi connectivity index (χ1) is 34.7. The number of ether oxygens (including phenoxy) is 3. The average Bonchev–Trinajstić information content (AvgIpc) is 3.35. The van der Waals surface area contributed by atoms with Crippen LogP contribution < -0.4 is 0 Å². The van der Waals surface area contributed by atoms with Crippen molar-refractivity contribution in [1.82, 2.24) is 0 Å². The second-order valence-electron chi connectivity index (χ2n) is 23.4. The lowest BCUT2D eigenvalue weighted by atomic mass is 10.0. The summed E-state index contributed by atoms with van der Waals surface area (Å²) >= 11 is 0. The largest absolute Gasteiger partial charge is 0.462 e. The van der Waals surface area contributed by atoms with E-state index in [1.807, 2.05) is 0 Å². The molecule has 0 amide bonds. The van der Waals surface area contributed by atoms with Gasteiger partial charge in [-0.1, -0.05) is 330 Å². The Hall–Kier alpha value is -1.59. The normalized spacial score (nSPS) is 12.0. The van der Waals surface area contributed by atoms with Crippen molar-refractivity contribution < 1.29 is 28.6 Å². The maximum atomic E-state index is 12.9. The summed E-state index contributed by atoms with van der Waals surface area (Å²) in [6.45, 7) is 11.5. The van der Waals surface area contributed by atoms with Crippen LogP contribution in [0.5, 0.6) is 0 Å². The lowest BCUT2D eigenvalue weighted by Crippen LogP contribution is -2.30. The van der Waals surface area contributed by atoms with Crippen LogP contribution in [0.4, 0.5) is 0 Å². The molecule has 0 unspecified atom stereocenters. The van der Waals surface area contributed by atoms with Crippen molar-refractivity contribution in [1.29, 1.82) is 0 Å². The summed E-state index contributed by atoms with van der Waals surface area (Å²) in [5.74, 6) is 0.867. The molecule has 1 atom stereocenters. The van der Waals surface area contributed by atoms with Gasteiger partial charge in [-0.05, 0) is 31.1 Å². The third-order valence-electron chi connectivity index (χ3n) is 15.0. The van der Waals surface area contributed by atoms with Gasteiger partial charge in [0.2, 0.25) is 0 Å². The average molecular weight is 1000 g/mol. The van der Waals surface area contributed by atoms with Crippen molar-refractivity contribution in [2.24, 2.45) is 11.8 Å². The van der Waals surface area contributed by atoms with Gasteiger partial charge in [-0.3, -0.25) is 14.4 Å². The number of carbonyl (C=O) groups excluding carboxylic acids is 3. The quantitative estimate of drug-likeness (QED) is 0.0343. The van der Waals surface area contributed by atoms with Crippen LogP contribution in [0.25, 0.3) is 0 Å². The molecule has 0 spiro atoms. The Kier molecular flexibility index (Phi) is 56.4. The summed E-state index contributed by atoms with van der Waals surface area (Å²) in [6, 6.07) is 0. The smallest absolute Gasteiger partial charge is 0.306 e. The van der Waals surface area contributed by atoms with Gasteiger partial charge >= 0.3 is 17.9 Å². The van der Waals surface area contributed by atoms with Crippen molar-refractivity contribution in [3.8, 4) is 0 Å². The Labute approximate surface area is 444 Å². The zero-order chi connectivity index (χ0) is 51.8. The zero-order valence-corrected chi connectivity index (χ0v) is 48.9. The molecule has 0 aliphatic rings. The molecule has 0 heterocycles. The molecule has 0 N–H and O–H groups in total. The molecule has 0 rings (SSSR count). The Morgan fingerprint density at radius 3 is 0.690 bits per heavy atom. The highest BCUT2D eigenvalue weighted by atomic mass is 16.6. The highest BCUT2D eigenvalue weighted by molar-refractivity contribution is 5.71. The Balaban J connectivity index is 4.29. The fraction of sp³-hybridized carbons (Fsp3) is 0.954. The SMILES string of the molecule is CCCCCCCCCCCCCCCCCCCC(=O)OC[C@@H](COC(=O)CCCCCCCCCCCCCCCCC(C)C)OC(=O)CCCCCCCCCCCCCCCCCCC(C)C. The van der Waals surface area contributed by atoms with E-state index < -0.39 is 6.10 Å². The molecule has 0 aromatic carbocycles. The molecule has 6 heteroatoms. The van der Waals surface area contributed by atoms with Crippen LogP contribution in [-0.2, 0) is 28.6 Å². The highest BCUT2D eigenvalue weighted by Crippen LogP contribution is 2.19. The maximum Gasteiger partial charge on any atom is 0.306 e. The van der Waals surface area contributed by atoms with Gasteiger partial charge in [-0.2, -0.15) is 0 Å². The monoisotopic (exact) mass is 1000 g/mol. The van der Waals surface area contributed by atoms with Crippen molar-refractivity contribution in [2.75, 3.05) is 13.2 Å². The molecule has 0 aliphatic carbocycles. The van der Waals surface area contributed by atoms with E-state index in [0.29, 0.717) is 19.3 Å².